The molecule has 186 valence electrons. The fourth-order valence-electron chi connectivity index (χ4n) is 3.38. The summed E-state index contributed by atoms with van der Waals surface area (Å²) in [5, 5.41) is 2.92. The highest BCUT2D eigenvalue weighted by atomic mass is 32.2. The monoisotopic (exact) mass is 489 g/mol. The number of carbonyl (C=O) groups is 2. The van der Waals surface area contributed by atoms with Crippen molar-refractivity contribution in [3.63, 3.8) is 0 Å². The predicted molar refractivity (Wildman–Crippen MR) is 133 cm³/mol. The van der Waals surface area contributed by atoms with Crippen LogP contribution >= 0.6 is 0 Å². The van der Waals surface area contributed by atoms with Gasteiger partial charge in [-0.05, 0) is 24.5 Å². The Bertz CT molecular complexity index is 1000. The van der Waals surface area contributed by atoms with Crippen molar-refractivity contribution >= 4 is 21.8 Å². The third-order valence-corrected chi connectivity index (χ3v) is 6.62. The summed E-state index contributed by atoms with van der Waals surface area (Å²) in [6, 6.07) is 18.0. The van der Waals surface area contributed by atoms with Gasteiger partial charge in [0.2, 0.25) is 21.8 Å². The van der Waals surface area contributed by atoms with E-state index in [1.165, 1.54) is 11.9 Å². The van der Waals surface area contributed by atoms with Crippen LogP contribution in [0.25, 0.3) is 0 Å². The van der Waals surface area contributed by atoms with E-state index in [9.17, 15) is 18.0 Å². The zero-order valence-corrected chi connectivity index (χ0v) is 21.0. The minimum absolute atomic E-state index is 0.182. The van der Waals surface area contributed by atoms with Crippen LogP contribution in [0.2, 0.25) is 0 Å². The molecule has 0 aliphatic carbocycles. The van der Waals surface area contributed by atoms with Crippen LogP contribution in [0.1, 0.15) is 24.5 Å². The van der Waals surface area contributed by atoms with Crippen molar-refractivity contribution in [2.24, 2.45) is 0 Å². The van der Waals surface area contributed by atoms with Crippen LogP contribution < -0.4 is 5.32 Å². The molecular formula is C25H35N3O5S. The summed E-state index contributed by atoms with van der Waals surface area (Å²) in [4.78, 5) is 28.2. The zero-order valence-electron chi connectivity index (χ0n) is 20.1. The Morgan fingerprint density at radius 2 is 1.59 bits per heavy atom. The first kappa shape index (κ1) is 27.5. The van der Waals surface area contributed by atoms with Gasteiger partial charge in [-0.3, -0.25) is 9.59 Å². The number of rotatable bonds is 14. The molecule has 1 atom stereocenters. The van der Waals surface area contributed by atoms with E-state index < -0.39 is 22.0 Å². The third-order valence-electron chi connectivity index (χ3n) is 5.36. The lowest BCUT2D eigenvalue weighted by Gasteiger charge is -2.32. The lowest BCUT2D eigenvalue weighted by Crippen LogP contribution is -2.53. The fourth-order valence-corrected chi connectivity index (χ4v) is 3.73. The van der Waals surface area contributed by atoms with Gasteiger partial charge in [0, 0.05) is 39.8 Å². The number of carbonyl (C=O) groups excluding carboxylic acids is 2. The van der Waals surface area contributed by atoms with Crippen molar-refractivity contribution in [3.8, 4) is 0 Å². The molecule has 0 heterocycles. The van der Waals surface area contributed by atoms with Gasteiger partial charge in [-0.15, -0.1) is 0 Å². The summed E-state index contributed by atoms with van der Waals surface area (Å²) < 4.78 is 30.2. The van der Waals surface area contributed by atoms with Crippen LogP contribution in [0.15, 0.2) is 60.7 Å². The third kappa shape index (κ3) is 9.24. The maximum atomic E-state index is 13.4. The Morgan fingerprint density at radius 1 is 1.00 bits per heavy atom. The lowest BCUT2D eigenvalue weighted by atomic mass is 10.0. The summed E-state index contributed by atoms with van der Waals surface area (Å²) in [6.07, 6.45) is 2.01. The molecule has 0 spiro atoms. The van der Waals surface area contributed by atoms with Gasteiger partial charge in [0.05, 0.1) is 12.8 Å². The van der Waals surface area contributed by atoms with Gasteiger partial charge in [-0.1, -0.05) is 60.7 Å². The molecule has 1 N–H and O–H groups in total. The van der Waals surface area contributed by atoms with Gasteiger partial charge in [0.25, 0.3) is 0 Å². The highest BCUT2D eigenvalue weighted by Gasteiger charge is 2.31. The molecule has 0 fully saturated rings. The number of nitrogens with zero attached hydrogens (tertiary/aromatic N) is 2. The first-order valence-corrected chi connectivity index (χ1v) is 13.2. The Hall–Kier alpha value is -2.75. The van der Waals surface area contributed by atoms with E-state index in [2.05, 4.69) is 5.32 Å². The fraction of sp³-hybridized carbons (Fsp3) is 0.440. The summed E-state index contributed by atoms with van der Waals surface area (Å²) >= 11 is 0. The number of hydrogen-bond acceptors (Lipinski definition) is 5. The smallest absolute Gasteiger partial charge is 0.243 e. The molecule has 0 saturated heterocycles. The average molecular weight is 490 g/mol. The number of likely N-dealkylation sites (N-methyl/N-ethyl adjacent to an activating group) is 1. The summed E-state index contributed by atoms with van der Waals surface area (Å²) in [6.45, 7) is 3.30. The van der Waals surface area contributed by atoms with E-state index in [0.717, 1.165) is 21.7 Å². The van der Waals surface area contributed by atoms with Gasteiger partial charge >= 0.3 is 0 Å². The van der Waals surface area contributed by atoms with Crippen molar-refractivity contribution in [2.75, 3.05) is 39.6 Å². The Labute approximate surface area is 202 Å². The van der Waals surface area contributed by atoms with Crippen LogP contribution in [0.4, 0.5) is 0 Å². The van der Waals surface area contributed by atoms with Crippen LogP contribution in [0.5, 0.6) is 0 Å². The Kier molecular flexibility index (Phi) is 11.2. The molecule has 0 bridgehead atoms. The molecule has 0 aliphatic heterocycles. The van der Waals surface area contributed by atoms with Gasteiger partial charge in [0.1, 0.15) is 6.04 Å². The second-order valence-corrected chi connectivity index (χ2v) is 10.2. The number of hydrogen-bond donors (Lipinski definition) is 1. The summed E-state index contributed by atoms with van der Waals surface area (Å²) in [5.74, 6) is -0.728. The van der Waals surface area contributed by atoms with E-state index in [4.69, 9.17) is 4.74 Å². The van der Waals surface area contributed by atoms with E-state index in [-0.39, 0.29) is 19.0 Å². The number of sulfonamides is 1. The maximum Gasteiger partial charge on any atom is 0.243 e. The lowest BCUT2D eigenvalue weighted by molar-refractivity contribution is -0.141. The summed E-state index contributed by atoms with van der Waals surface area (Å²) in [7, 11) is -2.21. The Morgan fingerprint density at radius 3 is 2.15 bits per heavy atom. The SMILES string of the molecule is CCOCCCNC(=O)C(Cc1ccccc1)N(Cc1ccccc1)C(=O)CN(C)S(C)(=O)=O. The van der Waals surface area contributed by atoms with E-state index in [1.54, 1.807) is 0 Å². The number of amides is 2. The van der Waals surface area contributed by atoms with E-state index in [0.29, 0.717) is 32.6 Å². The first-order valence-electron chi connectivity index (χ1n) is 11.4. The van der Waals surface area contributed by atoms with Crippen molar-refractivity contribution in [3.05, 3.63) is 71.8 Å². The van der Waals surface area contributed by atoms with Crippen molar-refractivity contribution in [1.29, 1.82) is 0 Å². The molecule has 9 heteroatoms. The van der Waals surface area contributed by atoms with E-state index >= 15 is 0 Å². The molecular weight excluding hydrogens is 454 g/mol. The van der Waals surface area contributed by atoms with Gasteiger partial charge < -0.3 is 15.0 Å². The van der Waals surface area contributed by atoms with Crippen molar-refractivity contribution in [2.45, 2.75) is 32.4 Å². The van der Waals surface area contributed by atoms with Crippen LogP contribution in [0, 0.1) is 0 Å². The second kappa shape index (κ2) is 13.8. The molecule has 0 saturated carbocycles. The molecule has 8 nitrogen and oxygen atoms in total. The predicted octanol–water partition coefficient (Wildman–Crippen LogP) is 2.06. The molecule has 2 rings (SSSR count). The molecule has 0 aromatic heterocycles. The minimum atomic E-state index is -3.56. The molecule has 2 aromatic carbocycles. The van der Waals surface area contributed by atoms with Gasteiger partial charge in [-0.2, -0.15) is 4.31 Å². The number of benzene rings is 2. The topological polar surface area (TPSA) is 96.0 Å². The normalized spacial score (nSPS) is 12.4. The van der Waals surface area contributed by atoms with Crippen molar-refractivity contribution in [1.82, 2.24) is 14.5 Å². The molecule has 34 heavy (non-hydrogen) atoms. The van der Waals surface area contributed by atoms with E-state index in [1.807, 2.05) is 67.6 Å². The molecule has 0 aliphatic rings. The minimum Gasteiger partial charge on any atom is -0.382 e. The summed E-state index contributed by atoms with van der Waals surface area (Å²) in [5.41, 5.74) is 1.75. The first-order chi connectivity index (χ1) is 16.2. The highest BCUT2D eigenvalue weighted by Crippen LogP contribution is 2.15. The standard InChI is InChI=1S/C25H35N3O5S/c1-4-33-17-11-16-26-25(30)23(18-21-12-7-5-8-13-21)28(19-22-14-9-6-10-15-22)24(29)20-27(2)34(3,31)32/h5-10,12-15,23H,4,11,16-20H2,1-3H3,(H,26,30). The zero-order chi connectivity index (χ0) is 25.0. The second-order valence-electron chi connectivity index (χ2n) is 8.07. The molecule has 2 amide bonds. The van der Waals surface area contributed by atoms with Gasteiger partial charge in [0.15, 0.2) is 0 Å². The van der Waals surface area contributed by atoms with Crippen molar-refractivity contribution < 1.29 is 22.7 Å². The van der Waals surface area contributed by atoms with Gasteiger partial charge in [-0.25, -0.2) is 8.42 Å². The maximum absolute atomic E-state index is 13.4. The molecule has 2 aromatic rings. The average Bonchev–Trinajstić information content (AvgIpc) is 2.81. The number of ether oxygens (including phenoxy) is 1. The largest absolute Gasteiger partial charge is 0.382 e. The van der Waals surface area contributed by atoms with Crippen LogP contribution in [0.3, 0.4) is 0 Å². The quantitative estimate of drug-likeness (QED) is 0.410. The molecule has 1 unspecified atom stereocenters. The van der Waals surface area contributed by atoms with Crippen LogP contribution in [-0.2, 0) is 37.3 Å². The Balaban J connectivity index is 2.32. The molecule has 0 radical (unpaired) electrons. The highest BCUT2D eigenvalue weighted by molar-refractivity contribution is 7.88. The number of nitrogens with one attached hydrogen (secondary N) is 1. The van der Waals surface area contributed by atoms with Crippen LogP contribution in [-0.4, -0.2) is 75.1 Å².